The predicted molar refractivity (Wildman–Crippen MR) is 117 cm³/mol. The van der Waals surface area contributed by atoms with Crippen LogP contribution >= 0.6 is 27.5 Å². The molecule has 1 N–H and O–H groups in total. The molecule has 0 fully saturated rings. The first-order chi connectivity index (χ1) is 13.5. The summed E-state index contributed by atoms with van der Waals surface area (Å²) in [6.45, 7) is 2.76. The van der Waals surface area contributed by atoms with Crippen molar-refractivity contribution < 1.29 is 9.53 Å². The normalized spacial score (nSPS) is 11.0. The molecular formula is C22H22BrClN2O2. The van der Waals surface area contributed by atoms with E-state index in [1.165, 1.54) is 18.9 Å². The van der Waals surface area contributed by atoms with Crippen LogP contribution in [0.1, 0.15) is 38.2 Å². The van der Waals surface area contributed by atoms with E-state index >= 15 is 0 Å². The lowest BCUT2D eigenvalue weighted by molar-refractivity contribution is -0.112. The maximum Gasteiger partial charge on any atom is 0.266 e. The van der Waals surface area contributed by atoms with Crippen molar-refractivity contribution in [2.45, 2.75) is 32.6 Å². The van der Waals surface area contributed by atoms with Crippen LogP contribution in [0.4, 0.5) is 5.69 Å². The molecule has 1 amide bonds. The number of hydrogen-bond donors (Lipinski definition) is 1. The number of carbonyl (C=O) groups excluding carboxylic acids is 1. The van der Waals surface area contributed by atoms with E-state index in [1.807, 2.05) is 24.3 Å². The fraction of sp³-hybridized carbons (Fsp3) is 0.273. The van der Waals surface area contributed by atoms with Crippen LogP contribution in [-0.4, -0.2) is 12.5 Å². The van der Waals surface area contributed by atoms with Gasteiger partial charge in [0.2, 0.25) is 0 Å². The van der Waals surface area contributed by atoms with Crippen molar-refractivity contribution in [3.8, 4) is 11.8 Å². The van der Waals surface area contributed by atoms with Gasteiger partial charge in [0.1, 0.15) is 17.4 Å². The molecular weight excluding hydrogens is 440 g/mol. The molecule has 146 valence electrons. The number of amides is 1. The number of benzene rings is 2. The first-order valence-corrected chi connectivity index (χ1v) is 10.3. The Morgan fingerprint density at radius 3 is 2.79 bits per heavy atom. The molecule has 2 aromatic carbocycles. The average molecular weight is 462 g/mol. The summed E-state index contributed by atoms with van der Waals surface area (Å²) in [5.74, 6) is 0.140. The van der Waals surface area contributed by atoms with Crippen LogP contribution < -0.4 is 10.1 Å². The molecule has 0 aliphatic rings. The quantitative estimate of drug-likeness (QED) is 0.260. The SMILES string of the molecule is CCCCCCOc1ccc(Br)cc1/C=C(/C#N)C(=O)Nc1cccc(Cl)c1. The molecule has 0 radical (unpaired) electrons. The monoisotopic (exact) mass is 460 g/mol. The smallest absolute Gasteiger partial charge is 0.266 e. The minimum atomic E-state index is -0.501. The van der Waals surface area contributed by atoms with Crippen LogP contribution in [0.5, 0.6) is 5.75 Å². The minimum absolute atomic E-state index is 0.0195. The molecule has 0 saturated carbocycles. The topological polar surface area (TPSA) is 62.1 Å². The molecule has 2 aromatic rings. The summed E-state index contributed by atoms with van der Waals surface area (Å²) in [5.41, 5.74) is 1.18. The van der Waals surface area contributed by atoms with Gasteiger partial charge in [-0.3, -0.25) is 4.79 Å². The highest BCUT2D eigenvalue weighted by atomic mass is 79.9. The maximum absolute atomic E-state index is 12.5. The van der Waals surface area contributed by atoms with Gasteiger partial charge in [0.15, 0.2) is 0 Å². The molecule has 0 unspecified atom stereocenters. The van der Waals surface area contributed by atoms with Crippen molar-refractivity contribution in [2.24, 2.45) is 0 Å². The molecule has 2 rings (SSSR count). The number of rotatable bonds is 9. The first kappa shape index (κ1) is 22.0. The van der Waals surface area contributed by atoms with Gasteiger partial charge >= 0.3 is 0 Å². The number of halogens is 2. The van der Waals surface area contributed by atoms with Gasteiger partial charge in [-0.05, 0) is 48.9 Å². The number of ether oxygens (including phenoxy) is 1. The van der Waals surface area contributed by atoms with E-state index < -0.39 is 5.91 Å². The molecule has 0 heterocycles. The van der Waals surface area contributed by atoms with E-state index in [2.05, 4.69) is 28.2 Å². The molecule has 0 bridgehead atoms. The Morgan fingerprint density at radius 2 is 2.07 bits per heavy atom. The summed E-state index contributed by atoms with van der Waals surface area (Å²) in [7, 11) is 0. The summed E-state index contributed by atoms with van der Waals surface area (Å²) in [6.07, 6.45) is 5.96. The number of carbonyl (C=O) groups is 1. The van der Waals surface area contributed by atoms with Gasteiger partial charge < -0.3 is 10.1 Å². The Labute approximate surface area is 179 Å². The minimum Gasteiger partial charge on any atom is -0.493 e. The molecule has 6 heteroatoms. The van der Waals surface area contributed by atoms with E-state index in [1.54, 1.807) is 24.3 Å². The number of hydrogen-bond acceptors (Lipinski definition) is 3. The molecule has 0 spiro atoms. The van der Waals surface area contributed by atoms with E-state index in [4.69, 9.17) is 16.3 Å². The van der Waals surface area contributed by atoms with E-state index in [9.17, 15) is 10.1 Å². The maximum atomic E-state index is 12.5. The second-order valence-corrected chi connectivity index (χ2v) is 7.58. The Hall–Kier alpha value is -2.29. The number of unbranched alkanes of at least 4 members (excludes halogenated alkanes) is 3. The van der Waals surface area contributed by atoms with E-state index in [-0.39, 0.29) is 5.57 Å². The van der Waals surface area contributed by atoms with Crippen molar-refractivity contribution in [2.75, 3.05) is 11.9 Å². The predicted octanol–water partition coefficient (Wildman–Crippen LogP) is 6.61. The third-order valence-corrected chi connectivity index (χ3v) is 4.70. The fourth-order valence-corrected chi connectivity index (χ4v) is 3.11. The Kier molecular flexibility index (Phi) is 9.06. The molecule has 0 saturated heterocycles. The summed E-state index contributed by atoms with van der Waals surface area (Å²) >= 11 is 9.36. The van der Waals surface area contributed by atoms with Gasteiger partial charge in [0, 0.05) is 20.7 Å². The number of nitrogens with one attached hydrogen (secondary N) is 1. The molecule has 28 heavy (non-hydrogen) atoms. The summed E-state index contributed by atoms with van der Waals surface area (Å²) in [4.78, 5) is 12.5. The van der Waals surface area contributed by atoms with Crippen LogP contribution in [0.25, 0.3) is 6.08 Å². The molecule has 4 nitrogen and oxygen atoms in total. The van der Waals surface area contributed by atoms with Gasteiger partial charge in [-0.15, -0.1) is 0 Å². The van der Waals surface area contributed by atoms with E-state index in [0.717, 1.165) is 17.3 Å². The van der Waals surface area contributed by atoms with Crippen molar-refractivity contribution in [1.82, 2.24) is 0 Å². The van der Waals surface area contributed by atoms with Crippen LogP contribution in [-0.2, 0) is 4.79 Å². The Balaban J connectivity index is 2.16. The highest BCUT2D eigenvalue weighted by Crippen LogP contribution is 2.26. The zero-order valence-corrected chi connectivity index (χ0v) is 18.0. The average Bonchev–Trinajstić information content (AvgIpc) is 2.67. The van der Waals surface area contributed by atoms with Crippen molar-refractivity contribution >= 4 is 45.2 Å². The third-order valence-electron chi connectivity index (χ3n) is 3.97. The van der Waals surface area contributed by atoms with Gasteiger partial charge in [0.25, 0.3) is 5.91 Å². The van der Waals surface area contributed by atoms with Crippen LogP contribution in [0, 0.1) is 11.3 Å². The second-order valence-electron chi connectivity index (χ2n) is 6.23. The van der Waals surface area contributed by atoms with Gasteiger partial charge in [-0.2, -0.15) is 5.26 Å². The molecule has 0 aliphatic carbocycles. The zero-order valence-electron chi connectivity index (χ0n) is 15.7. The summed E-state index contributed by atoms with van der Waals surface area (Å²) < 4.78 is 6.71. The van der Waals surface area contributed by atoms with Crippen LogP contribution in [0.3, 0.4) is 0 Å². The summed E-state index contributed by atoms with van der Waals surface area (Å²) in [5, 5.41) is 12.7. The lowest BCUT2D eigenvalue weighted by Gasteiger charge is -2.10. The number of anilines is 1. The number of nitrogens with zero attached hydrogens (tertiary/aromatic N) is 1. The van der Waals surface area contributed by atoms with Crippen LogP contribution in [0.15, 0.2) is 52.5 Å². The Bertz CT molecular complexity index is 890. The summed E-state index contributed by atoms with van der Waals surface area (Å²) in [6, 6.07) is 14.3. The Morgan fingerprint density at radius 1 is 1.25 bits per heavy atom. The third kappa shape index (κ3) is 7.03. The van der Waals surface area contributed by atoms with Gasteiger partial charge in [-0.25, -0.2) is 0 Å². The zero-order chi connectivity index (χ0) is 20.4. The second kappa shape index (κ2) is 11.5. The van der Waals surface area contributed by atoms with Crippen LogP contribution in [0.2, 0.25) is 5.02 Å². The van der Waals surface area contributed by atoms with Gasteiger partial charge in [-0.1, -0.05) is 59.8 Å². The molecule has 0 aromatic heterocycles. The standard InChI is InChI=1S/C22H22BrClN2O2/c1-2-3-4-5-11-28-21-10-9-18(23)13-16(21)12-17(15-25)22(27)26-20-8-6-7-19(24)14-20/h6-10,12-14H,2-5,11H2,1H3,(H,26,27)/b17-12-. The van der Waals surface area contributed by atoms with Crippen molar-refractivity contribution in [3.63, 3.8) is 0 Å². The first-order valence-electron chi connectivity index (χ1n) is 9.14. The van der Waals surface area contributed by atoms with E-state index in [0.29, 0.717) is 28.6 Å². The van der Waals surface area contributed by atoms with Crippen molar-refractivity contribution in [1.29, 1.82) is 5.26 Å². The molecule has 0 aliphatic heterocycles. The highest BCUT2D eigenvalue weighted by Gasteiger charge is 2.12. The number of nitriles is 1. The highest BCUT2D eigenvalue weighted by molar-refractivity contribution is 9.10. The van der Waals surface area contributed by atoms with Gasteiger partial charge in [0.05, 0.1) is 6.61 Å². The fourth-order valence-electron chi connectivity index (χ4n) is 2.54. The lowest BCUT2D eigenvalue weighted by Crippen LogP contribution is -2.13. The molecule has 0 atom stereocenters. The van der Waals surface area contributed by atoms with Crippen molar-refractivity contribution in [3.05, 3.63) is 63.1 Å². The lowest BCUT2D eigenvalue weighted by atomic mass is 10.1. The largest absolute Gasteiger partial charge is 0.493 e.